The number of rotatable bonds is 9. The number of benzene rings is 3. The fourth-order valence-electron chi connectivity index (χ4n) is 3.31. The van der Waals surface area contributed by atoms with E-state index in [1.165, 1.54) is 7.11 Å². The summed E-state index contributed by atoms with van der Waals surface area (Å²) in [5, 5.41) is 12.5. The van der Waals surface area contributed by atoms with Gasteiger partial charge < -0.3 is 24.3 Å². The molecule has 0 saturated heterocycles. The molecule has 0 fully saturated rings. The summed E-state index contributed by atoms with van der Waals surface area (Å²) in [4.78, 5) is 12.3. The zero-order valence-electron chi connectivity index (χ0n) is 19.5. The number of ether oxygens (including phenoxy) is 4. The van der Waals surface area contributed by atoms with Crippen molar-refractivity contribution in [3.8, 4) is 29.1 Å². The van der Waals surface area contributed by atoms with Gasteiger partial charge in [0.15, 0.2) is 29.6 Å². The van der Waals surface area contributed by atoms with E-state index in [4.69, 9.17) is 18.9 Å². The van der Waals surface area contributed by atoms with Crippen molar-refractivity contribution in [2.75, 3.05) is 33.3 Å². The van der Waals surface area contributed by atoms with Gasteiger partial charge in [0.25, 0.3) is 5.91 Å². The Morgan fingerprint density at radius 2 is 1.62 bits per heavy atom. The molecule has 7 nitrogen and oxygen atoms in total. The number of nitrogens with one attached hydrogen (secondary N) is 1. The fourth-order valence-corrected chi connectivity index (χ4v) is 3.31. The van der Waals surface area contributed by atoms with E-state index in [1.54, 1.807) is 56.7 Å². The highest BCUT2D eigenvalue weighted by atomic mass is 16.5. The lowest BCUT2D eigenvalue weighted by Crippen LogP contribution is -2.20. The number of carbonyl (C=O) groups is 1. The average Bonchev–Trinajstić information content (AvgIpc) is 2.85. The normalized spacial score (nSPS) is 10.7. The maximum absolute atomic E-state index is 12.3. The van der Waals surface area contributed by atoms with Crippen molar-refractivity contribution in [1.29, 1.82) is 5.26 Å². The first-order valence-electron chi connectivity index (χ1n) is 10.5. The van der Waals surface area contributed by atoms with Gasteiger partial charge in [0.2, 0.25) is 0 Å². The molecule has 0 spiro atoms. The largest absolute Gasteiger partial charge is 0.493 e. The number of nitrogens with zero attached hydrogens (tertiary/aromatic N) is 1. The zero-order valence-corrected chi connectivity index (χ0v) is 19.5. The van der Waals surface area contributed by atoms with Crippen LogP contribution in [0.1, 0.15) is 16.7 Å². The molecule has 0 aliphatic carbocycles. The van der Waals surface area contributed by atoms with E-state index in [9.17, 15) is 10.1 Å². The second-order valence-electron chi connectivity index (χ2n) is 7.36. The van der Waals surface area contributed by atoms with Crippen LogP contribution in [0.3, 0.4) is 0 Å². The van der Waals surface area contributed by atoms with Crippen LogP contribution in [0.4, 0.5) is 5.69 Å². The summed E-state index contributed by atoms with van der Waals surface area (Å²) in [5.74, 6) is 1.70. The molecule has 3 aromatic carbocycles. The lowest BCUT2D eigenvalue weighted by atomic mass is 10.0. The molecular formula is C27H26N2O5. The standard InChI is InChI=1S/C27H26N2O5/c1-18-6-5-7-22(12-18)29-27(30)17-34-24-10-8-19(14-25(24)32-3)13-21(16-28)20-9-11-23(31-2)26(15-20)33-4/h5-15H,17H2,1-4H3,(H,29,30)/b21-13+. The molecule has 7 heteroatoms. The summed E-state index contributed by atoms with van der Waals surface area (Å²) in [6, 6.07) is 20.3. The molecule has 3 aromatic rings. The van der Waals surface area contributed by atoms with Crippen LogP contribution >= 0.6 is 0 Å². The molecule has 174 valence electrons. The van der Waals surface area contributed by atoms with Gasteiger partial charge >= 0.3 is 0 Å². The maximum Gasteiger partial charge on any atom is 0.262 e. The molecule has 0 saturated carbocycles. The van der Waals surface area contributed by atoms with Crippen LogP contribution in [0, 0.1) is 18.3 Å². The summed E-state index contributed by atoms with van der Waals surface area (Å²) in [6.07, 6.45) is 1.73. The number of hydrogen-bond acceptors (Lipinski definition) is 6. The first kappa shape index (κ1) is 24.2. The number of methoxy groups -OCH3 is 3. The van der Waals surface area contributed by atoms with Crippen molar-refractivity contribution >= 4 is 23.2 Å². The van der Waals surface area contributed by atoms with E-state index in [0.29, 0.717) is 39.8 Å². The van der Waals surface area contributed by atoms with Gasteiger partial charge in [-0.3, -0.25) is 4.79 Å². The second-order valence-corrected chi connectivity index (χ2v) is 7.36. The Kier molecular flexibility index (Phi) is 8.14. The Hall–Kier alpha value is -4.44. The molecule has 0 atom stereocenters. The number of amides is 1. The lowest BCUT2D eigenvalue weighted by Gasteiger charge is -2.12. The highest BCUT2D eigenvalue weighted by Crippen LogP contribution is 2.33. The van der Waals surface area contributed by atoms with Gasteiger partial charge in [-0.15, -0.1) is 0 Å². The summed E-state index contributed by atoms with van der Waals surface area (Å²) in [5.41, 5.74) is 3.62. The smallest absolute Gasteiger partial charge is 0.262 e. The number of carbonyl (C=O) groups excluding carboxylic acids is 1. The Bertz CT molecular complexity index is 1240. The number of nitriles is 1. The van der Waals surface area contributed by atoms with Crippen LogP contribution < -0.4 is 24.3 Å². The van der Waals surface area contributed by atoms with E-state index < -0.39 is 0 Å². The fraction of sp³-hybridized carbons (Fsp3) is 0.185. The third-order valence-corrected chi connectivity index (χ3v) is 4.97. The Morgan fingerprint density at radius 1 is 0.912 bits per heavy atom. The summed E-state index contributed by atoms with van der Waals surface area (Å²) in [7, 11) is 4.62. The van der Waals surface area contributed by atoms with Crippen LogP contribution in [0.25, 0.3) is 11.6 Å². The van der Waals surface area contributed by atoms with Crippen LogP contribution in [0.5, 0.6) is 23.0 Å². The monoisotopic (exact) mass is 458 g/mol. The Balaban J connectivity index is 1.75. The lowest BCUT2D eigenvalue weighted by molar-refractivity contribution is -0.118. The molecule has 34 heavy (non-hydrogen) atoms. The molecule has 0 aliphatic rings. The number of hydrogen-bond donors (Lipinski definition) is 1. The predicted octanol–water partition coefficient (Wildman–Crippen LogP) is 5.10. The van der Waals surface area contributed by atoms with E-state index in [-0.39, 0.29) is 12.5 Å². The Morgan fingerprint density at radius 3 is 2.29 bits per heavy atom. The molecule has 0 aromatic heterocycles. The van der Waals surface area contributed by atoms with Crippen molar-refractivity contribution in [1.82, 2.24) is 0 Å². The first-order valence-corrected chi connectivity index (χ1v) is 10.5. The minimum atomic E-state index is -0.281. The molecule has 3 rings (SSSR count). The van der Waals surface area contributed by atoms with Gasteiger partial charge in [-0.05, 0) is 72.2 Å². The number of aryl methyl sites for hydroxylation is 1. The molecule has 0 aliphatic heterocycles. The highest BCUT2D eigenvalue weighted by Gasteiger charge is 2.11. The molecule has 0 bridgehead atoms. The van der Waals surface area contributed by atoms with E-state index >= 15 is 0 Å². The number of anilines is 1. The second kappa shape index (κ2) is 11.4. The van der Waals surface area contributed by atoms with Crippen molar-refractivity contribution in [3.63, 3.8) is 0 Å². The van der Waals surface area contributed by atoms with E-state index in [0.717, 1.165) is 11.1 Å². The van der Waals surface area contributed by atoms with Gasteiger partial charge in [-0.1, -0.05) is 18.2 Å². The zero-order chi connectivity index (χ0) is 24.5. The summed E-state index contributed by atoms with van der Waals surface area (Å²) in [6.45, 7) is 1.78. The average molecular weight is 459 g/mol. The molecule has 0 radical (unpaired) electrons. The number of allylic oxidation sites excluding steroid dienone is 1. The molecule has 0 heterocycles. The van der Waals surface area contributed by atoms with Gasteiger partial charge in [-0.25, -0.2) is 0 Å². The van der Waals surface area contributed by atoms with Gasteiger partial charge in [-0.2, -0.15) is 5.26 Å². The van der Waals surface area contributed by atoms with Crippen LogP contribution in [-0.2, 0) is 4.79 Å². The van der Waals surface area contributed by atoms with Gasteiger partial charge in [0.05, 0.1) is 33.0 Å². The van der Waals surface area contributed by atoms with Crippen LogP contribution in [-0.4, -0.2) is 33.8 Å². The third-order valence-electron chi connectivity index (χ3n) is 4.97. The van der Waals surface area contributed by atoms with Gasteiger partial charge in [0, 0.05) is 5.69 Å². The summed E-state index contributed by atoms with van der Waals surface area (Å²) >= 11 is 0. The van der Waals surface area contributed by atoms with E-state index in [1.807, 2.05) is 31.2 Å². The van der Waals surface area contributed by atoms with Crippen molar-refractivity contribution < 1.29 is 23.7 Å². The van der Waals surface area contributed by atoms with Crippen molar-refractivity contribution in [3.05, 3.63) is 77.4 Å². The molecule has 0 unspecified atom stereocenters. The highest BCUT2D eigenvalue weighted by molar-refractivity contribution is 5.92. The van der Waals surface area contributed by atoms with Crippen LogP contribution in [0.2, 0.25) is 0 Å². The summed E-state index contributed by atoms with van der Waals surface area (Å²) < 4.78 is 21.7. The quantitative estimate of drug-likeness (QED) is 0.354. The Labute approximate surface area is 199 Å². The topological polar surface area (TPSA) is 89.8 Å². The molecule has 1 N–H and O–H groups in total. The maximum atomic E-state index is 12.3. The van der Waals surface area contributed by atoms with Crippen molar-refractivity contribution in [2.24, 2.45) is 0 Å². The predicted molar refractivity (Wildman–Crippen MR) is 131 cm³/mol. The SMILES string of the molecule is COc1ccc(/C(C#N)=C/c2ccc(OCC(=O)Nc3cccc(C)c3)c(OC)c2)cc1OC. The van der Waals surface area contributed by atoms with Crippen molar-refractivity contribution in [2.45, 2.75) is 6.92 Å². The third kappa shape index (κ3) is 6.08. The molecule has 1 amide bonds. The minimum absolute atomic E-state index is 0.172. The first-order chi connectivity index (χ1) is 16.5. The molecular weight excluding hydrogens is 432 g/mol. The minimum Gasteiger partial charge on any atom is -0.493 e. The van der Waals surface area contributed by atoms with E-state index in [2.05, 4.69) is 11.4 Å². The van der Waals surface area contributed by atoms with Gasteiger partial charge in [0.1, 0.15) is 0 Å². The van der Waals surface area contributed by atoms with Crippen LogP contribution in [0.15, 0.2) is 60.7 Å².